The fourth-order valence-electron chi connectivity index (χ4n) is 3.71. The summed E-state index contributed by atoms with van der Waals surface area (Å²) in [7, 11) is 2.08. The summed E-state index contributed by atoms with van der Waals surface area (Å²) in [5.41, 5.74) is 2.37. The highest BCUT2D eigenvalue weighted by atomic mass is 16.2. The third-order valence-electron chi connectivity index (χ3n) is 5.25. The Balaban J connectivity index is 1.82. The molecule has 5 heteroatoms. The zero-order chi connectivity index (χ0) is 18.0. The minimum absolute atomic E-state index is 0.0944. The van der Waals surface area contributed by atoms with Gasteiger partial charge in [0.05, 0.1) is 0 Å². The van der Waals surface area contributed by atoms with E-state index in [1.807, 2.05) is 35.8 Å². The lowest BCUT2D eigenvalue weighted by Gasteiger charge is -2.41. The first-order valence-electron chi connectivity index (χ1n) is 9.29. The van der Waals surface area contributed by atoms with E-state index < -0.39 is 0 Å². The number of piperazine rings is 1. The van der Waals surface area contributed by atoms with Crippen molar-refractivity contribution in [2.45, 2.75) is 39.3 Å². The highest BCUT2D eigenvalue weighted by Crippen LogP contribution is 2.26. The van der Waals surface area contributed by atoms with E-state index in [2.05, 4.69) is 24.1 Å². The molecule has 0 saturated carbocycles. The Morgan fingerprint density at radius 2 is 1.72 bits per heavy atom. The molecule has 1 atom stereocenters. The minimum Gasteiger partial charge on any atom is -0.338 e. The molecule has 2 heterocycles. The summed E-state index contributed by atoms with van der Waals surface area (Å²) in [6.07, 6.45) is 1.12. The molecule has 0 bridgehead atoms. The molecule has 0 radical (unpaired) electrons. The van der Waals surface area contributed by atoms with Crippen LogP contribution in [0, 0.1) is 5.92 Å². The number of hydrogen-bond donors (Lipinski definition) is 0. The van der Waals surface area contributed by atoms with Gasteiger partial charge in [-0.25, -0.2) is 0 Å². The van der Waals surface area contributed by atoms with Crippen molar-refractivity contribution >= 4 is 11.8 Å². The third kappa shape index (κ3) is 4.03. The number of amides is 2. The quantitative estimate of drug-likeness (QED) is 0.840. The van der Waals surface area contributed by atoms with Crippen molar-refractivity contribution in [1.82, 2.24) is 14.7 Å². The second-order valence-electron chi connectivity index (χ2n) is 7.74. The number of fused-ring (bicyclic) bond motifs is 1. The maximum Gasteiger partial charge on any atom is 0.245 e. The van der Waals surface area contributed by atoms with Crippen molar-refractivity contribution < 1.29 is 9.59 Å². The van der Waals surface area contributed by atoms with Gasteiger partial charge in [0.25, 0.3) is 0 Å². The molecule has 25 heavy (non-hydrogen) atoms. The average Bonchev–Trinajstić information content (AvgIpc) is 2.60. The number of carbonyl (C=O) groups is 2. The lowest BCUT2D eigenvalue weighted by atomic mass is 9.92. The standard InChI is InChI=1S/C20H29N3O2/c1-15(2)12-19(24)23-14-17-7-5-4-6-16(17)13-18(23)20(25)22-10-8-21(3)9-11-22/h4-7,15,18H,8-14H2,1-3H3/t18-/m0/s1. The van der Waals surface area contributed by atoms with Crippen LogP contribution in [0.1, 0.15) is 31.4 Å². The topological polar surface area (TPSA) is 43.9 Å². The molecule has 0 aliphatic carbocycles. The molecule has 1 aromatic carbocycles. The van der Waals surface area contributed by atoms with Crippen LogP contribution >= 0.6 is 0 Å². The van der Waals surface area contributed by atoms with Gasteiger partial charge in [0.15, 0.2) is 0 Å². The molecule has 136 valence electrons. The van der Waals surface area contributed by atoms with Gasteiger partial charge in [0.1, 0.15) is 6.04 Å². The Bertz CT molecular complexity index is 636. The minimum atomic E-state index is -0.357. The number of hydrogen-bond acceptors (Lipinski definition) is 3. The number of nitrogens with zero attached hydrogens (tertiary/aromatic N) is 3. The molecular weight excluding hydrogens is 314 g/mol. The average molecular weight is 343 g/mol. The molecule has 2 aliphatic heterocycles. The van der Waals surface area contributed by atoms with Crippen LogP contribution in [0.15, 0.2) is 24.3 Å². The molecule has 1 aromatic rings. The zero-order valence-electron chi connectivity index (χ0n) is 15.6. The molecule has 2 amide bonds. The molecule has 1 saturated heterocycles. The molecule has 1 fully saturated rings. The fraction of sp³-hybridized carbons (Fsp3) is 0.600. The van der Waals surface area contributed by atoms with Crippen molar-refractivity contribution in [2.24, 2.45) is 5.92 Å². The summed E-state index contributed by atoms with van der Waals surface area (Å²) in [5, 5.41) is 0. The van der Waals surface area contributed by atoms with Crippen LogP contribution in [-0.4, -0.2) is 65.8 Å². The van der Waals surface area contributed by atoms with Gasteiger partial charge in [-0.05, 0) is 24.1 Å². The van der Waals surface area contributed by atoms with Crippen LogP contribution in [0.5, 0.6) is 0 Å². The number of carbonyl (C=O) groups excluding carboxylic acids is 2. The Labute approximate surface area is 150 Å². The maximum atomic E-state index is 13.2. The second kappa shape index (κ2) is 7.56. The van der Waals surface area contributed by atoms with E-state index >= 15 is 0 Å². The SMILES string of the molecule is CC(C)CC(=O)N1Cc2ccccc2C[C@H]1C(=O)N1CCN(C)CC1. The van der Waals surface area contributed by atoms with E-state index in [-0.39, 0.29) is 17.9 Å². The normalized spacial score (nSPS) is 21.4. The van der Waals surface area contributed by atoms with E-state index in [9.17, 15) is 9.59 Å². The zero-order valence-corrected chi connectivity index (χ0v) is 15.6. The summed E-state index contributed by atoms with van der Waals surface area (Å²) in [5.74, 6) is 0.501. The van der Waals surface area contributed by atoms with Crippen LogP contribution in [-0.2, 0) is 22.6 Å². The van der Waals surface area contributed by atoms with Crippen LogP contribution in [0.2, 0.25) is 0 Å². The summed E-state index contributed by atoms with van der Waals surface area (Å²) >= 11 is 0. The number of benzene rings is 1. The monoisotopic (exact) mass is 343 g/mol. The first-order chi connectivity index (χ1) is 12.0. The summed E-state index contributed by atoms with van der Waals surface area (Å²) in [6, 6.07) is 7.82. The Morgan fingerprint density at radius 3 is 2.36 bits per heavy atom. The Hall–Kier alpha value is -1.88. The van der Waals surface area contributed by atoms with Crippen LogP contribution in [0.25, 0.3) is 0 Å². The lowest BCUT2D eigenvalue weighted by molar-refractivity contribution is -0.148. The predicted octanol–water partition coefficient (Wildman–Crippen LogP) is 1.76. The first-order valence-corrected chi connectivity index (χ1v) is 9.29. The first kappa shape index (κ1) is 17.9. The lowest BCUT2D eigenvalue weighted by Crippen LogP contribution is -2.57. The Morgan fingerprint density at radius 1 is 1.08 bits per heavy atom. The third-order valence-corrected chi connectivity index (χ3v) is 5.25. The molecule has 0 spiro atoms. The number of likely N-dealkylation sites (N-methyl/N-ethyl adjacent to an activating group) is 1. The van der Waals surface area contributed by atoms with E-state index in [0.29, 0.717) is 25.3 Å². The van der Waals surface area contributed by atoms with Gasteiger partial charge in [-0.15, -0.1) is 0 Å². The smallest absolute Gasteiger partial charge is 0.245 e. The van der Waals surface area contributed by atoms with E-state index in [1.165, 1.54) is 11.1 Å². The van der Waals surface area contributed by atoms with Gasteiger partial charge < -0.3 is 14.7 Å². The van der Waals surface area contributed by atoms with Crippen molar-refractivity contribution in [1.29, 1.82) is 0 Å². The maximum absolute atomic E-state index is 13.2. The molecule has 5 nitrogen and oxygen atoms in total. The summed E-state index contributed by atoms with van der Waals surface area (Å²) in [4.78, 5) is 32.0. The molecule has 3 rings (SSSR count). The van der Waals surface area contributed by atoms with E-state index in [0.717, 1.165) is 26.2 Å². The Kier molecular flexibility index (Phi) is 5.42. The van der Waals surface area contributed by atoms with Crippen molar-refractivity contribution in [2.75, 3.05) is 33.2 Å². The molecule has 0 aromatic heterocycles. The fourth-order valence-corrected chi connectivity index (χ4v) is 3.71. The van der Waals surface area contributed by atoms with Crippen LogP contribution in [0.3, 0.4) is 0 Å². The van der Waals surface area contributed by atoms with Gasteiger partial charge in [0, 0.05) is 45.6 Å². The van der Waals surface area contributed by atoms with Crippen molar-refractivity contribution in [3.05, 3.63) is 35.4 Å². The summed E-state index contributed by atoms with van der Waals surface area (Å²) < 4.78 is 0. The van der Waals surface area contributed by atoms with Gasteiger partial charge in [-0.3, -0.25) is 9.59 Å². The second-order valence-corrected chi connectivity index (χ2v) is 7.74. The summed E-state index contributed by atoms with van der Waals surface area (Å²) in [6.45, 7) is 7.94. The molecule has 0 N–H and O–H groups in total. The van der Waals surface area contributed by atoms with E-state index in [1.54, 1.807) is 0 Å². The van der Waals surface area contributed by atoms with Gasteiger partial charge in [0.2, 0.25) is 11.8 Å². The van der Waals surface area contributed by atoms with Gasteiger partial charge in [-0.2, -0.15) is 0 Å². The van der Waals surface area contributed by atoms with Crippen molar-refractivity contribution in [3.8, 4) is 0 Å². The van der Waals surface area contributed by atoms with Crippen molar-refractivity contribution in [3.63, 3.8) is 0 Å². The van der Waals surface area contributed by atoms with Gasteiger partial charge >= 0.3 is 0 Å². The molecule has 2 aliphatic rings. The highest BCUT2D eigenvalue weighted by molar-refractivity contribution is 5.88. The molecule has 0 unspecified atom stereocenters. The number of rotatable bonds is 3. The highest BCUT2D eigenvalue weighted by Gasteiger charge is 2.37. The van der Waals surface area contributed by atoms with E-state index in [4.69, 9.17) is 0 Å². The van der Waals surface area contributed by atoms with Crippen LogP contribution < -0.4 is 0 Å². The van der Waals surface area contributed by atoms with Gasteiger partial charge in [-0.1, -0.05) is 38.1 Å². The van der Waals surface area contributed by atoms with Crippen LogP contribution in [0.4, 0.5) is 0 Å². The molecular formula is C20H29N3O2. The predicted molar refractivity (Wildman–Crippen MR) is 98.0 cm³/mol. The largest absolute Gasteiger partial charge is 0.338 e.